The van der Waals surface area contributed by atoms with Gasteiger partial charge < -0.3 is 5.73 Å². The molecule has 6 heteroatoms. The second kappa shape index (κ2) is 5.06. The molecule has 1 rings (SSSR count). The van der Waals surface area contributed by atoms with Crippen LogP contribution in [0.4, 0.5) is 0 Å². The van der Waals surface area contributed by atoms with E-state index in [1.165, 1.54) is 10.7 Å². The van der Waals surface area contributed by atoms with E-state index in [0.717, 1.165) is 25.7 Å². The number of nitrogens with two attached hydrogens (primary N) is 2. The molecule has 0 bridgehead atoms. The maximum atomic E-state index is 11.3. The fourth-order valence-corrected chi connectivity index (χ4v) is 3.00. The van der Waals surface area contributed by atoms with Crippen molar-refractivity contribution in [1.82, 2.24) is 4.31 Å². The molecule has 0 spiro atoms. The lowest BCUT2D eigenvalue weighted by molar-refractivity contribution is 0.257. The van der Waals surface area contributed by atoms with Crippen LogP contribution in [0.5, 0.6) is 0 Å². The highest BCUT2D eigenvalue weighted by Gasteiger charge is 2.27. The van der Waals surface area contributed by atoms with Crippen LogP contribution in [-0.2, 0) is 10.2 Å². The highest BCUT2D eigenvalue weighted by molar-refractivity contribution is 7.86. The SMILES string of the molecule is NCCN(C1CCCCC1)S(N)(=O)=O. The van der Waals surface area contributed by atoms with Gasteiger partial charge in [0.2, 0.25) is 0 Å². The topological polar surface area (TPSA) is 89.4 Å². The summed E-state index contributed by atoms with van der Waals surface area (Å²) in [7, 11) is -3.57. The average Bonchev–Trinajstić information content (AvgIpc) is 2.14. The molecule has 1 fully saturated rings. The normalized spacial score (nSPS) is 20.2. The average molecular weight is 221 g/mol. The maximum absolute atomic E-state index is 11.3. The first-order valence-corrected chi connectivity index (χ1v) is 6.55. The molecule has 0 amide bonds. The lowest BCUT2D eigenvalue weighted by atomic mass is 9.95. The predicted octanol–water partition coefficient (Wildman–Crippen LogP) is -0.217. The van der Waals surface area contributed by atoms with E-state index in [9.17, 15) is 8.42 Å². The molecule has 5 nitrogen and oxygen atoms in total. The summed E-state index contributed by atoms with van der Waals surface area (Å²) in [6.07, 6.45) is 5.19. The highest BCUT2D eigenvalue weighted by atomic mass is 32.2. The van der Waals surface area contributed by atoms with Crippen molar-refractivity contribution in [2.45, 2.75) is 38.1 Å². The van der Waals surface area contributed by atoms with Crippen LogP contribution >= 0.6 is 0 Å². The molecule has 0 atom stereocenters. The zero-order chi connectivity index (χ0) is 10.6. The molecule has 0 radical (unpaired) electrons. The minimum atomic E-state index is -3.57. The third-order valence-electron chi connectivity index (χ3n) is 2.66. The van der Waals surface area contributed by atoms with Gasteiger partial charge in [-0.1, -0.05) is 19.3 Å². The molecular weight excluding hydrogens is 202 g/mol. The van der Waals surface area contributed by atoms with Crippen LogP contribution in [0.25, 0.3) is 0 Å². The molecule has 1 saturated carbocycles. The van der Waals surface area contributed by atoms with Gasteiger partial charge in [0.15, 0.2) is 0 Å². The number of hydrogen-bond acceptors (Lipinski definition) is 3. The van der Waals surface area contributed by atoms with Gasteiger partial charge in [0.1, 0.15) is 0 Å². The van der Waals surface area contributed by atoms with Crippen LogP contribution in [0.3, 0.4) is 0 Å². The second-order valence-corrected chi connectivity index (χ2v) is 5.24. The Morgan fingerprint density at radius 3 is 2.21 bits per heavy atom. The lowest BCUT2D eigenvalue weighted by Crippen LogP contribution is -2.47. The predicted molar refractivity (Wildman–Crippen MR) is 55.7 cm³/mol. The van der Waals surface area contributed by atoms with Gasteiger partial charge in [-0.15, -0.1) is 0 Å². The van der Waals surface area contributed by atoms with Crippen LogP contribution < -0.4 is 10.9 Å². The molecule has 0 aliphatic heterocycles. The van der Waals surface area contributed by atoms with Crippen molar-refractivity contribution in [3.8, 4) is 0 Å². The Morgan fingerprint density at radius 1 is 1.21 bits per heavy atom. The van der Waals surface area contributed by atoms with Crippen LogP contribution in [0, 0.1) is 0 Å². The highest BCUT2D eigenvalue weighted by Crippen LogP contribution is 2.23. The Kier molecular flexibility index (Phi) is 4.31. The summed E-state index contributed by atoms with van der Waals surface area (Å²) in [6, 6.07) is 0.0716. The van der Waals surface area contributed by atoms with Gasteiger partial charge in [-0.2, -0.15) is 12.7 Å². The van der Waals surface area contributed by atoms with E-state index in [1.54, 1.807) is 0 Å². The molecule has 14 heavy (non-hydrogen) atoms. The first kappa shape index (κ1) is 11.9. The molecule has 0 aromatic heterocycles. The van der Waals surface area contributed by atoms with Crippen molar-refractivity contribution in [3.05, 3.63) is 0 Å². The first-order valence-electron chi connectivity index (χ1n) is 5.05. The van der Waals surface area contributed by atoms with Crippen LogP contribution in [0.15, 0.2) is 0 Å². The minimum absolute atomic E-state index is 0.0716. The maximum Gasteiger partial charge on any atom is 0.277 e. The summed E-state index contributed by atoms with van der Waals surface area (Å²) < 4.78 is 23.9. The third-order valence-corrected chi connectivity index (χ3v) is 3.79. The summed E-state index contributed by atoms with van der Waals surface area (Å²) in [5, 5.41) is 5.14. The van der Waals surface area contributed by atoms with Crippen molar-refractivity contribution >= 4 is 10.2 Å². The largest absolute Gasteiger partial charge is 0.329 e. The molecule has 1 aliphatic carbocycles. The molecular formula is C8H19N3O2S. The van der Waals surface area contributed by atoms with Crippen molar-refractivity contribution in [3.63, 3.8) is 0 Å². The zero-order valence-corrected chi connectivity index (χ0v) is 9.17. The van der Waals surface area contributed by atoms with Crippen molar-refractivity contribution in [2.75, 3.05) is 13.1 Å². The smallest absolute Gasteiger partial charge is 0.277 e. The number of rotatable bonds is 4. The van der Waals surface area contributed by atoms with Crippen LogP contribution in [0.1, 0.15) is 32.1 Å². The van der Waals surface area contributed by atoms with Crippen LogP contribution in [-0.4, -0.2) is 31.9 Å². The summed E-state index contributed by atoms with van der Waals surface area (Å²) in [6.45, 7) is 0.663. The van der Waals surface area contributed by atoms with Crippen molar-refractivity contribution < 1.29 is 8.42 Å². The van der Waals surface area contributed by atoms with Crippen molar-refractivity contribution in [2.24, 2.45) is 10.9 Å². The summed E-state index contributed by atoms with van der Waals surface area (Å²) in [5.74, 6) is 0. The zero-order valence-electron chi connectivity index (χ0n) is 8.35. The quantitative estimate of drug-likeness (QED) is 0.688. The van der Waals surface area contributed by atoms with Gasteiger partial charge in [-0.3, -0.25) is 0 Å². The van der Waals surface area contributed by atoms with Gasteiger partial charge in [-0.05, 0) is 12.8 Å². The molecule has 0 aromatic carbocycles. The van der Waals surface area contributed by atoms with Gasteiger partial charge >= 0.3 is 0 Å². The Morgan fingerprint density at radius 2 is 1.79 bits per heavy atom. The molecule has 84 valence electrons. The summed E-state index contributed by atoms with van der Waals surface area (Å²) in [4.78, 5) is 0. The molecule has 0 unspecified atom stereocenters. The van der Waals surface area contributed by atoms with Gasteiger partial charge in [0, 0.05) is 19.1 Å². The monoisotopic (exact) mass is 221 g/mol. The Labute approximate surface area is 85.6 Å². The van der Waals surface area contributed by atoms with Crippen LogP contribution in [0.2, 0.25) is 0 Å². The fraction of sp³-hybridized carbons (Fsp3) is 1.00. The fourth-order valence-electron chi connectivity index (χ4n) is 2.01. The second-order valence-electron chi connectivity index (χ2n) is 3.74. The van der Waals surface area contributed by atoms with E-state index < -0.39 is 10.2 Å². The third kappa shape index (κ3) is 3.20. The van der Waals surface area contributed by atoms with Gasteiger partial charge in [0.25, 0.3) is 10.2 Å². The van der Waals surface area contributed by atoms with E-state index in [1.807, 2.05) is 0 Å². The van der Waals surface area contributed by atoms with Gasteiger partial charge in [0.05, 0.1) is 0 Å². The number of hydrogen-bond donors (Lipinski definition) is 2. The molecule has 4 N–H and O–H groups in total. The van der Waals surface area contributed by atoms with E-state index >= 15 is 0 Å². The van der Waals surface area contributed by atoms with Crippen molar-refractivity contribution in [1.29, 1.82) is 0 Å². The van der Waals surface area contributed by atoms with E-state index in [-0.39, 0.29) is 6.04 Å². The summed E-state index contributed by atoms with van der Waals surface area (Å²) in [5.41, 5.74) is 5.37. The standard InChI is InChI=1S/C8H19N3O2S/c9-6-7-11(14(10,12)13)8-4-2-1-3-5-8/h8H,1-7,9H2,(H2,10,12,13). The Hall–Kier alpha value is -0.170. The van der Waals surface area contributed by atoms with E-state index in [2.05, 4.69) is 0 Å². The minimum Gasteiger partial charge on any atom is -0.329 e. The Bertz CT molecular complexity index is 260. The Balaban J connectivity index is 2.66. The lowest BCUT2D eigenvalue weighted by Gasteiger charge is -2.31. The summed E-state index contributed by atoms with van der Waals surface area (Å²) >= 11 is 0. The first-order chi connectivity index (χ1) is 6.55. The van der Waals surface area contributed by atoms with E-state index in [4.69, 9.17) is 10.9 Å². The molecule has 1 aliphatic rings. The molecule has 0 heterocycles. The molecule has 0 saturated heterocycles. The van der Waals surface area contributed by atoms with Gasteiger partial charge in [-0.25, -0.2) is 5.14 Å². The van der Waals surface area contributed by atoms with E-state index in [0.29, 0.717) is 13.1 Å². The number of nitrogens with zero attached hydrogens (tertiary/aromatic N) is 1. The molecule has 0 aromatic rings.